The van der Waals surface area contributed by atoms with Crippen LogP contribution >= 0.6 is 0 Å². The Hall–Kier alpha value is -1.05. The molecule has 184 valence electrons. The zero-order chi connectivity index (χ0) is 23.8. The van der Waals surface area contributed by atoms with Crippen LogP contribution in [0.4, 0.5) is 0 Å². The molecule has 2 heteroatoms. The monoisotopic (exact) mass is 451 g/mol. The fraction of sp³-hybridized carbons (Fsp3) is 0.839. The Labute approximate surface area is 203 Å². The van der Waals surface area contributed by atoms with Gasteiger partial charge < -0.3 is 4.52 Å². The zero-order valence-corrected chi connectivity index (χ0v) is 22.8. The third-order valence-electron chi connectivity index (χ3n) is 11.9. The van der Waals surface area contributed by atoms with Gasteiger partial charge in [0.15, 0.2) is 0 Å². The van der Waals surface area contributed by atoms with E-state index in [-0.39, 0.29) is 10.8 Å². The van der Waals surface area contributed by atoms with Gasteiger partial charge >= 0.3 is 0 Å². The molecule has 1 fully saturated rings. The normalized spacial score (nSPS) is 40.3. The molecule has 1 aromatic rings. The maximum Gasteiger partial charge on any atom is 0.145 e. The predicted octanol–water partition coefficient (Wildman–Crippen LogP) is 8.90. The predicted molar refractivity (Wildman–Crippen MR) is 137 cm³/mol. The number of allylic oxidation sites excluding steroid dienone is 2. The second-order valence-corrected chi connectivity index (χ2v) is 14.2. The maximum atomic E-state index is 5.83. The molecular formula is C31H49NO. The Kier molecular flexibility index (Phi) is 5.54. The van der Waals surface area contributed by atoms with Gasteiger partial charge in [-0.1, -0.05) is 91.0 Å². The summed E-state index contributed by atoms with van der Waals surface area (Å²) in [7, 11) is 0. The number of nitrogens with zero attached hydrogens (tertiary/aromatic N) is 1. The van der Waals surface area contributed by atoms with Crippen molar-refractivity contribution in [2.45, 2.75) is 125 Å². The second kappa shape index (κ2) is 7.72. The van der Waals surface area contributed by atoms with E-state index >= 15 is 0 Å². The van der Waals surface area contributed by atoms with Crippen LogP contribution < -0.4 is 0 Å². The van der Waals surface area contributed by atoms with Crippen LogP contribution in [-0.2, 0) is 11.8 Å². The van der Waals surface area contributed by atoms with Crippen molar-refractivity contribution >= 4 is 0 Å². The topological polar surface area (TPSA) is 26.0 Å². The van der Waals surface area contributed by atoms with E-state index in [2.05, 4.69) is 60.5 Å². The first-order chi connectivity index (χ1) is 15.4. The van der Waals surface area contributed by atoms with Gasteiger partial charge in [-0.15, -0.1) is 0 Å². The van der Waals surface area contributed by atoms with Gasteiger partial charge in [0.25, 0.3) is 0 Å². The molecule has 33 heavy (non-hydrogen) atoms. The molecule has 0 aliphatic heterocycles. The van der Waals surface area contributed by atoms with E-state index in [1.54, 1.807) is 0 Å². The van der Waals surface area contributed by atoms with Crippen LogP contribution in [0.1, 0.15) is 125 Å². The number of hydrogen-bond donors (Lipinski definition) is 0. The van der Waals surface area contributed by atoms with Crippen molar-refractivity contribution in [1.82, 2.24) is 5.16 Å². The molecule has 1 aromatic heterocycles. The zero-order valence-electron chi connectivity index (χ0n) is 22.8. The standard InChI is InChI=1S/C31H49NO/c1-20(2)10-9-11-21(3)23-14-16-31(8)25-12-13-26-28(4,5)27-22(19-32-33-27)18-29(26,6)24(25)15-17-30(23,31)7/h19-21,23,26H,9-18H2,1-8H3/t21-,23-,26+,29-,30-,31+/m1/s1. The third kappa shape index (κ3) is 3.21. The summed E-state index contributed by atoms with van der Waals surface area (Å²) in [4.78, 5) is 0. The van der Waals surface area contributed by atoms with Crippen LogP contribution in [0.15, 0.2) is 21.9 Å². The van der Waals surface area contributed by atoms with Gasteiger partial charge in [0, 0.05) is 11.0 Å². The number of hydrogen-bond acceptors (Lipinski definition) is 2. The minimum atomic E-state index is 0.0716. The van der Waals surface area contributed by atoms with Gasteiger partial charge in [0.05, 0.1) is 6.20 Å². The largest absolute Gasteiger partial charge is 0.361 e. The Bertz CT molecular complexity index is 936. The molecule has 4 aliphatic carbocycles. The van der Waals surface area contributed by atoms with E-state index in [1.165, 1.54) is 63.4 Å². The third-order valence-corrected chi connectivity index (χ3v) is 11.9. The molecule has 1 heterocycles. The number of aromatic nitrogens is 1. The van der Waals surface area contributed by atoms with E-state index in [4.69, 9.17) is 4.52 Å². The lowest BCUT2D eigenvalue weighted by Gasteiger charge is -2.60. The van der Waals surface area contributed by atoms with E-state index in [9.17, 15) is 0 Å². The Morgan fingerprint density at radius 1 is 0.970 bits per heavy atom. The number of fused-ring (bicyclic) bond motifs is 5. The van der Waals surface area contributed by atoms with E-state index in [0.717, 1.165) is 29.9 Å². The van der Waals surface area contributed by atoms with Gasteiger partial charge in [-0.3, -0.25) is 0 Å². The average molecular weight is 452 g/mol. The lowest BCUT2D eigenvalue weighted by molar-refractivity contribution is 0.0102. The summed E-state index contributed by atoms with van der Waals surface area (Å²) in [6, 6.07) is 0. The molecule has 0 amide bonds. The second-order valence-electron chi connectivity index (χ2n) is 14.2. The van der Waals surface area contributed by atoms with Crippen molar-refractivity contribution < 1.29 is 4.52 Å². The quantitative estimate of drug-likeness (QED) is 0.418. The van der Waals surface area contributed by atoms with Crippen LogP contribution in [0.2, 0.25) is 0 Å². The van der Waals surface area contributed by atoms with Crippen LogP contribution in [-0.4, -0.2) is 5.16 Å². The van der Waals surface area contributed by atoms with Gasteiger partial charge in [-0.05, 0) is 84.9 Å². The molecule has 0 aromatic carbocycles. The SMILES string of the molecule is CC(C)CCC[C@@H](C)[C@H]1CC[C@@]2(C)C3=C(CC[C@]12C)[C@@]1(C)Cc2cnoc2C(C)(C)[C@@H]1CC3. The van der Waals surface area contributed by atoms with Gasteiger partial charge in [0.1, 0.15) is 5.76 Å². The summed E-state index contributed by atoms with van der Waals surface area (Å²) < 4.78 is 5.83. The minimum Gasteiger partial charge on any atom is -0.361 e. The van der Waals surface area contributed by atoms with E-state index < -0.39 is 0 Å². The van der Waals surface area contributed by atoms with Crippen molar-refractivity contribution in [1.29, 1.82) is 0 Å². The highest BCUT2D eigenvalue weighted by Crippen LogP contribution is 2.72. The smallest absolute Gasteiger partial charge is 0.145 e. The van der Waals surface area contributed by atoms with Crippen molar-refractivity contribution in [2.24, 2.45) is 39.9 Å². The first-order valence-corrected chi connectivity index (χ1v) is 14.1. The van der Waals surface area contributed by atoms with Gasteiger partial charge in [0.2, 0.25) is 0 Å². The van der Waals surface area contributed by atoms with Gasteiger partial charge in [-0.2, -0.15) is 0 Å². The highest BCUT2D eigenvalue weighted by atomic mass is 16.5. The van der Waals surface area contributed by atoms with Crippen molar-refractivity contribution in [2.75, 3.05) is 0 Å². The van der Waals surface area contributed by atoms with Gasteiger partial charge in [-0.25, -0.2) is 0 Å². The lowest BCUT2D eigenvalue weighted by atomic mass is 9.43. The Morgan fingerprint density at radius 2 is 1.73 bits per heavy atom. The summed E-state index contributed by atoms with van der Waals surface area (Å²) in [5.41, 5.74) is 6.32. The van der Waals surface area contributed by atoms with Crippen molar-refractivity contribution in [3.63, 3.8) is 0 Å². The minimum absolute atomic E-state index is 0.0716. The van der Waals surface area contributed by atoms with Crippen molar-refractivity contribution in [3.05, 3.63) is 28.7 Å². The summed E-state index contributed by atoms with van der Waals surface area (Å²) in [6.07, 6.45) is 15.5. The lowest BCUT2D eigenvalue weighted by Crippen LogP contribution is -2.53. The molecule has 2 nitrogen and oxygen atoms in total. The molecular weight excluding hydrogens is 402 g/mol. The Morgan fingerprint density at radius 3 is 2.45 bits per heavy atom. The fourth-order valence-electron chi connectivity index (χ4n) is 9.98. The molecule has 0 spiro atoms. The summed E-state index contributed by atoms with van der Waals surface area (Å²) in [5.74, 6) is 4.41. The molecule has 0 saturated heterocycles. The summed E-state index contributed by atoms with van der Waals surface area (Å²) >= 11 is 0. The average Bonchev–Trinajstić information content (AvgIpc) is 3.30. The van der Waals surface area contributed by atoms with Crippen LogP contribution in [0.3, 0.4) is 0 Å². The summed E-state index contributed by atoms with van der Waals surface area (Å²) in [6.45, 7) is 20.2. The molecule has 6 atom stereocenters. The molecule has 5 rings (SSSR count). The highest BCUT2D eigenvalue weighted by Gasteiger charge is 2.63. The summed E-state index contributed by atoms with van der Waals surface area (Å²) in [5, 5.41) is 4.24. The van der Waals surface area contributed by atoms with Crippen LogP contribution in [0.5, 0.6) is 0 Å². The molecule has 0 unspecified atom stereocenters. The highest BCUT2D eigenvalue weighted by molar-refractivity contribution is 5.43. The first-order valence-electron chi connectivity index (χ1n) is 14.1. The Balaban J connectivity index is 1.48. The molecule has 0 radical (unpaired) electrons. The first kappa shape index (κ1) is 23.7. The van der Waals surface area contributed by atoms with Crippen LogP contribution in [0.25, 0.3) is 0 Å². The molecule has 0 N–H and O–H groups in total. The maximum absolute atomic E-state index is 5.83. The fourth-order valence-corrected chi connectivity index (χ4v) is 9.98. The van der Waals surface area contributed by atoms with E-state index in [0.29, 0.717) is 16.7 Å². The molecule has 4 aliphatic rings. The molecule has 1 saturated carbocycles. The number of rotatable bonds is 5. The van der Waals surface area contributed by atoms with E-state index in [1.807, 2.05) is 17.3 Å². The van der Waals surface area contributed by atoms with Crippen LogP contribution in [0, 0.1) is 39.9 Å². The molecule has 0 bridgehead atoms. The van der Waals surface area contributed by atoms with Crippen molar-refractivity contribution in [3.8, 4) is 0 Å².